The van der Waals surface area contributed by atoms with Crippen LogP contribution in [-0.4, -0.2) is 40.4 Å². The quantitative estimate of drug-likeness (QED) is 0.295. The lowest BCUT2D eigenvalue weighted by Crippen LogP contribution is -2.30. The number of benzene rings is 2. The molecule has 0 aliphatic rings. The van der Waals surface area contributed by atoms with E-state index in [1.165, 1.54) is 0 Å². The Bertz CT molecular complexity index is 799. The minimum Gasteiger partial charge on any atom is -0.493 e. The van der Waals surface area contributed by atoms with E-state index in [1.54, 1.807) is 21.3 Å². The molecule has 0 aliphatic heterocycles. The molecule has 0 bridgehead atoms. The number of aliphatic imine (C=N–C) groups is 1. The molecule has 0 saturated carbocycles. The molecule has 29 heavy (non-hydrogen) atoms. The summed E-state index contributed by atoms with van der Waals surface area (Å²) in [6, 6.07) is 11.5. The molecule has 0 aliphatic carbocycles. The molecule has 0 radical (unpaired) electrons. The van der Waals surface area contributed by atoms with Crippen LogP contribution in [0.25, 0.3) is 0 Å². The first-order valence-corrected chi connectivity index (χ1v) is 9.23. The van der Waals surface area contributed by atoms with Crippen molar-refractivity contribution in [2.45, 2.75) is 20.4 Å². The number of guanidine groups is 1. The van der Waals surface area contributed by atoms with Crippen molar-refractivity contribution in [3.8, 4) is 23.0 Å². The maximum absolute atomic E-state index is 5.55. The van der Waals surface area contributed by atoms with E-state index < -0.39 is 0 Å². The van der Waals surface area contributed by atoms with E-state index >= 15 is 0 Å². The van der Waals surface area contributed by atoms with Gasteiger partial charge in [-0.2, -0.15) is 0 Å². The lowest BCUT2D eigenvalue weighted by atomic mass is 10.2. The van der Waals surface area contributed by atoms with Crippen molar-refractivity contribution in [2.75, 3.05) is 39.8 Å². The monoisotopic (exact) mass is 515 g/mol. The van der Waals surface area contributed by atoms with Gasteiger partial charge in [-0.15, -0.1) is 24.0 Å². The average molecular weight is 515 g/mol. The Kier molecular flexibility index (Phi) is 11.0. The van der Waals surface area contributed by atoms with Gasteiger partial charge in [0.15, 0.2) is 29.0 Å². The number of methoxy groups -OCH3 is 2. The Morgan fingerprint density at radius 3 is 2.00 bits per heavy atom. The summed E-state index contributed by atoms with van der Waals surface area (Å²) < 4.78 is 21.9. The van der Waals surface area contributed by atoms with Gasteiger partial charge in [0.1, 0.15) is 0 Å². The van der Waals surface area contributed by atoms with E-state index in [0.717, 1.165) is 17.0 Å². The highest BCUT2D eigenvalue weighted by Gasteiger charge is 2.08. The summed E-state index contributed by atoms with van der Waals surface area (Å²) in [5.41, 5.74) is 1.89. The Labute approximate surface area is 189 Å². The van der Waals surface area contributed by atoms with E-state index in [-0.39, 0.29) is 24.0 Å². The van der Waals surface area contributed by atoms with E-state index in [4.69, 9.17) is 18.9 Å². The van der Waals surface area contributed by atoms with Crippen LogP contribution < -0.4 is 29.6 Å². The fourth-order valence-electron chi connectivity index (χ4n) is 2.62. The first-order chi connectivity index (χ1) is 13.6. The Morgan fingerprint density at radius 2 is 1.45 bits per heavy atom. The van der Waals surface area contributed by atoms with Crippen LogP contribution in [-0.2, 0) is 6.54 Å². The van der Waals surface area contributed by atoms with E-state index in [0.29, 0.717) is 43.0 Å². The summed E-state index contributed by atoms with van der Waals surface area (Å²) in [4.78, 5) is 4.27. The third kappa shape index (κ3) is 7.19. The molecule has 160 valence electrons. The fraction of sp³-hybridized carbons (Fsp3) is 0.381. The van der Waals surface area contributed by atoms with Gasteiger partial charge in [0.2, 0.25) is 0 Å². The van der Waals surface area contributed by atoms with Gasteiger partial charge in [-0.05, 0) is 43.7 Å². The van der Waals surface area contributed by atoms with Crippen molar-refractivity contribution < 1.29 is 18.9 Å². The van der Waals surface area contributed by atoms with Crippen LogP contribution in [0.1, 0.15) is 19.4 Å². The zero-order chi connectivity index (χ0) is 20.4. The highest BCUT2D eigenvalue weighted by atomic mass is 127. The maximum atomic E-state index is 5.55. The summed E-state index contributed by atoms with van der Waals surface area (Å²) in [6.07, 6.45) is 0. The smallest absolute Gasteiger partial charge is 0.195 e. The van der Waals surface area contributed by atoms with Crippen molar-refractivity contribution in [2.24, 2.45) is 4.99 Å². The van der Waals surface area contributed by atoms with Gasteiger partial charge < -0.3 is 29.6 Å². The molecule has 0 atom stereocenters. The minimum atomic E-state index is 0. The third-order valence-corrected chi connectivity index (χ3v) is 3.94. The number of hydrogen-bond donors (Lipinski definition) is 2. The summed E-state index contributed by atoms with van der Waals surface area (Å²) in [5, 5.41) is 6.54. The second-order valence-corrected chi connectivity index (χ2v) is 5.77. The van der Waals surface area contributed by atoms with Crippen LogP contribution in [0.4, 0.5) is 5.69 Å². The molecule has 0 unspecified atom stereocenters. The highest BCUT2D eigenvalue weighted by molar-refractivity contribution is 14.0. The molecular weight excluding hydrogens is 485 g/mol. The molecule has 0 spiro atoms. The molecular formula is C21H30IN3O4. The second-order valence-electron chi connectivity index (χ2n) is 5.77. The van der Waals surface area contributed by atoms with Crippen LogP contribution in [0.5, 0.6) is 23.0 Å². The molecule has 0 heterocycles. The Hall–Kier alpha value is -2.36. The van der Waals surface area contributed by atoms with Crippen molar-refractivity contribution in [1.29, 1.82) is 0 Å². The third-order valence-electron chi connectivity index (χ3n) is 3.94. The lowest BCUT2D eigenvalue weighted by molar-refractivity contribution is 0.310. The summed E-state index contributed by atoms with van der Waals surface area (Å²) >= 11 is 0. The number of anilines is 1. The molecule has 0 aromatic heterocycles. The molecule has 0 saturated heterocycles. The maximum Gasteiger partial charge on any atom is 0.195 e. The van der Waals surface area contributed by atoms with Crippen LogP contribution in [0.15, 0.2) is 41.4 Å². The number of rotatable bonds is 9. The Morgan fingerprint density at radius 1 is 0.862 bits per heavy atom. The molecule has 2 rings (SSSR count). The van der Waals surface area contributed by atoms with Gasteiger partial charge in [-0.3, -0.25) is 4.99 Å². The predicted molar refractivity (Wildman–Crippen MR) is 128 cm³/mol. The van der Waals surface area contributed by atoms with Crippen LogP contribution >= 0.6 is 24.0 Å². The lowest BCUT2D eigenvalue weighted by Gasteiger charge is -2.15. The van der Waals surface area contributed by atoms with Gasteiger partial charge in [0, 0.05) is 25.3 Å². The number of nitrogens with one attached hydrogen (secondary N) is 2. The molecule has 0 fully saturated rings. The first-order valence-electron chi connectivity index (χ1n) is 9.23. The summed E-state index contributed by atoms with van der Waals surface area (Å²) in [6.45, 7) is 5.64. The van der Waals surface area contributed by atoms with E-state index in [2.05, 4.69) is 15.6 Å². The molecule has 0 amide bonds. The zero-order valence-corrected chi connectivity index (χ0v) is 19.9. The van der Waals surface area contributed by atoms with Crippen molar-refractivity contribution in [1.82, 2.24) is 5.32 Å². The van der Waals surface area contributed by atoms with E-state index in [9.17, 15) is 0 Å². The fourth-order valence-corrected chi connectivity index (χ4v) is 2.62. The van der Waals surface area contributed by atoms with Crippen LogP contribution in [0.2, 0.25) is 0 Å². The van der Waals surface area contributed by atoms with Gasteiger partial charge in [0.25, 0.3) is 0 Å². The molecule has 2 aromatic carbocycles. The van der Waals surface area contributed by atoms with Gasteiger partial charge in [-0.1, -0.05) is 6.07 Å². The second kappa shape index (κ2) is 13.0. The molecule has 8 heteroatoms. The Balaban J connectivity index is 0.00000420. The van der Waals surface area contributed by atoms with Crippen molar-refractivity contribution in [3.05, 3.63) is 42.0 Å². The molecule has 2 N–H and O–H groups in total. The summed E-state index contributed by atoms with van der Waals surface area (Å²) in [5.74, 6) is 3.45. The van der Waals surface area contributed by atoms with Crippen molar-refractivity contribution in [3.63, 3.8) is 0 Å². The number of nitrogens with zero attached hydrogens (tertiary/aromatic N) is 1. The van der Waals surface area contributed by atoms with Gasteiger partial charge in [-0.25, -0.2) is 0 Å². The van der Waals surface area contributed by atoms with Gasteiger partial charge in [0.05, 0.1) is 27.4 Å². The minimum absolute atomic E-state index is 0. The van der Waals surface area contributed by atoms with Crippen molar-refractivity contribution >= 4 is 35.6 Å². The zero-order valence-electron chi connectivity index (χ0n) is 17.6. The first kappa shape index (κ1) is 24.7. The van der Waals surface area contributed by atoms with Gasteiger partial charge >= 0.3 is 0 Å². The van der Waals surface area contributed by atoms with Crippen LogP contribution in [0, 0.1) is 0 Å². The topological polar surface area (TPSA) is 73.3 Å². The molecule has 7 nitrogen and oxygen atoms in total. The highest BCUT2D eigenvalue weighted by Crippen LogP contribution is 2.30. The average Bonchev–Trinajstić information content (AvgIpc) is 2.73. The SMILES string of the molecule is CCOc1ccc(CNC(=NC)Nc2ccc(OCC)c(OC)c2)cc1OC.I. The predicted octanol–water partition coefficient (Wildman–Crippen LogP) is 4.31. The number of hydrogen-bond acceptors (Lipinski definition) is 5. The normalized spacial score (nSPS) is 10.6. The largest absolute Gasteiger partial charge is 0.493 e. The molecule has 2 aromatic rings. The van der Waals surface area contributed by atoms with E-state index in [1.807, 2.05) is 50.2 Å². The number of halogens is 1. The van der Waals surface area contributed by atoms with Crippen LogP contribution in [0.3, 0.4) is 0 Å². The number of ether oxygens (including phenoxy) is 4. The summed E-state index contributed by atoms with van der Waals surface area (Å²) in [7, 11) is 4.97. The standard InChI is InChI=1S/C21H29N3O4.HI/c1-6-27-17-10-8-15(12-19(17)25-4)14-23-21(22-3)24-16-9-11-18(28-7-2)20(13-16)26-5;/h8-13H,6-7,14H2,1-5H3,(H2,22,23,24);1H.